The Morgan fingerprint density at radius 2 is 2.25 bits per heavy atom. The van der Waals surface area contributed by atoms with Crippen LogP contribution in [0.5, 0.6) is 0 Å². The smallest absolute Gasteiger partial charge is 0.151 e. The fraction of sp³-hybridized carbons (Fsp3) is 0.667. The zero-order valence-corrected chi connectivity index (χ0v) is 9.91. The van der Waals surface area contributed by atoms with Crippen LogP contribution in [0.2, 0.25) is 0 Å². The Balaban J connectivity index is 2.13. The molecule has 1 atom stereocenters. The number of rotatable bonds is 2. The molecule has 1 unspecified atom stereocenters. The number of hydrogen-bond donors (Lipinski definition) is 0. The average Bonchev–Trinajstić information content (AvgIpc) is 2.33. The van der Waals surface area contributed by atoms with Crippen molar-refractivity contribution in [3.05, 3.63) is 17.3 Å². The van der Waals surface area contributed by atoms with Gasteiger partial charge in [0.1, 0.15) is 0 Å². The van der Waals surface area contributed by atoms with Gasteiger partial charge in [0.2, 0.25) is 0 Å². The van der Waals surface area contributed by atoms with Gasteiger partial charge in [-0.25, -0.2) is 0 Å². The quantitative estimate of drug-likeness (QED) is 0.770. The molecule has 1 aromatic rings. The van der Waals surface area contributed by atoms with Crippen molar-refractivity contribution in [2.45, 2.75) is 26.7 Å². The summed E-state index contributed by atoms with van der Waals surface area (Å²) in [5.74, 6) is 1.05. The molecule has 1 aliphatic heterocycles. The van der Waals surface area contributed by atoms with Crippen LogP contribution in [-0.4, -0.2) is 30.0 Å². The Labute approximate surface area is 95.7 Å². The maximum atomic E-state index is 12.6. The highest BCUT2D eigenvalue weighted by Crippen LogP contribution is 2.22. The SMILES string of the molecule is Cc1cc(N2CCCC(CF)C2)nnc1C. The Kier molecular flexibility index (Phi) is 3.36. The van der Waals surface area contributed by atoms with Crippen LogP contribution in [0.1, 0.15) is 24.1 Å². The van der Waals surface area contributed by atoms with E-state index in [0.29, 0.717) is 0 Å². The minimum Gasteiger partial charge on any atom is -0.355 e. The van der Waals surface area contributed by atoms with Crippen LogP contribution in [0, 0.1) is 19.8 Å². The van der Waals surface area contributed by atoms with Gasteiger partial charge in [0, 0.05) is 19.0 Å². The highest BCUT2D eigenvalue weighted by molar-refractivity contribution is 5.41. The summed E-state index contributed by atoms with van der Waals surface area (Å²) in [6, 6.07) is 2.04. The first-order valence-corrected chi connectivity index (χ1v) is 5.82. The van der Waals surface area contributed by atoms with Gasteiger partial charge in [0.25, 0.3) is 0 Å². The summed E-state index contributed by atoms with van der Waals surface area (Å²) in [5, 5.41) is 8.30. The molecular weight excluding hydrogens is 205 g/mol. The third-order valence-electron chi connectivity index (χ3n) is 3.28. The molecule has 3 nitrogen and oxygen atoms in total. The van der Waals surface area contributed by atoms with Crippen LogP contribution in [0.4, 0.5) is 10.2 Å². The Morgan fingerprint density at radius 1 is 1.44 bits per heavy atom. The lowest BCUT2D eigenvalue weighted by molar-refractivity contribution is 0.315. The second-order valence-corrected chi connectivity index (χ2v) is 4.58. The number of alkyl halides is 1. The fourth-order valence-electron chi connectivity index (χ4n) is 2.09. The van der Waals surface area contributed by atoms with Crippen molar-refractivity contribution in [1.82, 2.24) is 10.2 Å². The van der Waals surface area contributed by atoms with Crippen molar-refractivity contribution < 1.29 is 4.39 Å². The van der Waals surface area contributed by atoms with Gasteiger partial charge in [-0.05, 0) is 38.3 Å². The molecule has 0 N–H and O–H groups in total. The van der Waals surface area contributed by atoms with Gasteiger partial charge >= 0.3 is 0 Å². The molecule has 2 rings (SSSR count). The van der Waals surface area contributed by atoms with Crippen LogP contribution >= 0.6 is 0 Å². The van der Waals surface area contributed by atoms with Gasteiger partial charge in [-0.2, -0.15) is 5.10 Å². The number of aromatic nitrogens is 2. The van der Waals surface area contributed by atoms with Gasteiger partial charge in [-0.15, -0.1) is 5.10 Å². The van der Waals surface area contributed by atoms with Gasteiger partial charge < -0.3 is 4.90 Å². The number of piperidine rings is 1. The molecule has 0 amide bonds. The van der Waals surface area contributed by atoms with Gasteiger partial charge in [0.15, 0.2) is 5.82 Å². The van der Waals surface area contributed by atoms with Gasteiger partial charge in [-0.3, -0.25) is 4.39 Å². The van der Waals surface area contributed by atoms with Crippen molar-refractivity contribution in [1.29, 1.82) is 0 Å². The standard InChI is InChI=1S/C12H18FN3/c1-9-6-12(15-14-10(9)2)16-5-3-4-11(7-13)8-16/h6,11H,3-5,7-8H2,1-2H3. The van der Waals surface area contributed by atoms with Crippen molar-refractivity contribution >= 4 is 5.82 Å². The van der Waals surface area contributed by atoms with Crippen molar-refractivity contribution in [3.63, 3.8) is 0 Å². The van der Waals surface area contributed by atoms with E-state index in [2.05, 4.69) is 15.1 Å². The summed E-state index contributed by atoms with van der Waals surface area (Å²) in [5.41, 5.74) is 2.11. The molecule has 1 aliphatic rings. The molecule has 1 fully saturated rings. The first kappa shape index (κ1) is 11.3. The summed E-state index contributed by atoms with van der Waals surface area (Å²) < 4.78 is 12.6. The largest absolute Gasteiger partial charge is 0.355 e. The lowest BCUT2D eigenvalue weighted by atomic mass is 9.99. The molecule has 1 saturated heterocycles. The zero-order chi connectivity index (χ0) is 11.5. The van der Waals surface area contributed by atoms with Crippen molar-refractivity contribution in [2.24, 2.45) is 5.92 Å². The van der Waals surface area contributed by atoms with Crippen LogP contribution < -0.4 is 4.90 Å². The van der Waals surface area contributed by atoms with E-state index in [1.807, 2.05) is 19.9 Å². The lowest BCUT2D eigenvalue weighted by Gasteiger charge is -2.32. The van der Waals surface area contributed by atoms with E-state index in [1.165, 1.54) is 0 Å². The number of nitrogens with zero attached hydrogens (tertiary/aromatic N) is 3. The molecule has 4 heteroatoms. The Hall–Kier alpha value is -1.19. The molecule has 0 aromatic carbocycles. The van der Waals surface area contributed by atoms with Gasteiger partial charge in [-0.1, -0.05) is 0 Å². The number of aryl methyl sites for hydroxylation is 2. The Bertz CT molecular complexity index is 367. The van der Waals surface area contributed by atoms with E-state index in [4.69, 9.17) is 0 Å². The predicted molar refractivity (Wildman–Crippen MR) is 62.4 cm³/mol. The lowest BCUT2D eigenvalue weighted by Crippen LogP contribution is -2.36. The van der Waals surface area contributed by atoms with E-state index < -0.39 is 0 Å². The monoisotopic (exact) mass is 223 g/mol. The van der Waals surface area contributed by atoms with Crippen LogP contribution in [0.15, 0.2) is 6.07 Å². The van der Waals surface area contributed by atoms with E-state index >= 15 is 0 Å². The summed E-state index contributed by atoms with van der Waals surface area (Å²) in [4.78, 5) is 2.15. The van der Waals surface area contributed by atoms with E-state index in [-0.39, 0.29) is 12.6 Å². The molecule has 0 spiro atoms. The van der Waals surface area contributed by atoms with Crippen molar-refractivity contribution in [2.75, 3.05) is 24.7 Å². The molecule has 0 aliphatic carbocycles. The molecule has 0 radical (unpaired) electrons. The summed E-state index contributed by atoms with van der Waals surface area (Å²) in [6.07, 6.45) is 2.04. The number of anilines is 1. The number of hydrogen-bond acceptors (Lipinski definition) is 3. The van der Waals surface area contributed by atoms with Crippen LogP contribution in [0.25, 0.3) is 0 Å². The third kappa shape index (κ3) is 2.31. The van der Waals surface area contributed by atoms with Gasteiger partial charge in [0.05, 0.1) is 12.4 Å². The van der Waals surface area contributed by atoms with Crippen molar-refractivity contribution in [3.8, 4) is 0 Å². The maximum absolute atomic E-state index is 12.6. The first-order chi connectivity index (χ1) is 7.70. The van der Waals surface area contributed by atoms with E-state index in [1.54, 1.807) is 0 Å². The highest BCUT2D eigenvalue weighted by Gasteiger charge is 2.21. The second kappa shape index (κ2) is 4.76. The first-order valence-electron chi connectivity index (χ1n) is 5.82. The summed E-state index contributed by atoms with van der Waals surface area (Å²) in [7, 11) is 0. The minimum atomic E-state index is -0.227. The molecule has 1 aromatic heterocycles. The zero-order valence-electron chi connectivity index (χ0n) is 9.91. The van der Waals surface area contributed by atoms with Crippen LogP contribution in [0.3, 0.4) is 0 Å². The molecule has 2 heterocycles. The number of halogens is 1. The summed E-state index contributed by atoms with van der Waals surface area (Å²) in [6.45, 7) is 5.49. The second-order valence-electron chi connectivity index (χ2n) is 4.58. The Morgan fingerprint density at radius 3 is 2.94 bits per heavy atom. The topological polar surface area (TPSA) is 29.0 Å². The summed E-state index contributed by atoms with van der Waals surface area (Å²) >= 11 is 0. The maximum Gasteiger partial charge on any atom is 0.151 e. The van der Waals surface area contributed by atoms with Crippen LogP contribution in [-0.2, 0) is 0 Å². The minimum absolute atomic E-state index is 0.164. The normalized spacial score (nSPS) is 21.2. The molecule has 16 heavy (non-hydrogen) atoms. The molecule has 88 valence electrons. The fourth-order valence-corrected chi connectivity index (χ4v) is 2.09. The molecular formula is C12H18FN3. The molecule has 0 saturated carbocycles. The predicted octanol–water partition coefficient (Wildman–Crippen LogP) is 2.28. The highest BCUT2D eigenvalue weighted by atomic mass is 19.1. The van der Waals surface area contributed by atoms with E-state index in [0.717, 1.165) is 43.0 Å². The molecule has 0 bridgehead atoms. The van der Waals surface area contributed by atoms with E-state index in [9.17, 15) is 4.39 Å². The third-order valence-corrected chi connectivity index (χ3v) is 3.28. The average molecular weight is 223 g/mol.